The summed E-state index contributed by atoms with van der Waals surface area (Å²) < 4.78 is 28.1. The maximum absolute atomic E-state index is 14.2. The molecule has 2 aliphatic carbocycles. The lowest BCUT2D eigenvalue weighted by molar-refractivity contribution is 0.158. The number of benzene rings is 1. The van der Waals surface area contributed by atoms with Crippen LogP contribution in [0.5, 0.6) is 0 Å². The molecule has 1 aromatic carbocycles. The van der Waals surface area contributed by atoms with E-state index in [1.54, 1.807) is 12.1 Å². The van der Waals surface area contributed by atoms with Crippen LogP contribution < -0.4 is 0 Å². The summed E-state index contributed by atoms with van der Waals surface area (Å²) in [5.74, 6) is 0.862. The molecule has 130 valence electrons. The third-order valence-electron chi connectivity index (χ3n) is 6.58. The van der Waals surface area contributed by atoms with Crippen LogP contribution in [0.4, 0.5) is 8.78 Å². The summed E-state index contributed by atoms with van der Waals surface area (Å²) in [5.41, 5.74) is 0.275. The molecule has 1 nitrogen and oxygen atoms in total. The van der Waals surface area contributed by atoms with Crippen LogP contribution in [-0.2, 0) is 0 Å². The Labute approximate surface area is 144 Å². The van der Waals surface area contributed by atoms with Gasteiger partial charge >= 0.3 is 0 Å². The fourth-order valence-electron chi connectivity index (χ4n) is 4.94. The van der Waals surface area contributed by atoms with Gasteiger partial charge in [0.15, 0.2) is 11.6 Å². The minimum absolute atomic E-state index is 0.107. The number of hydrogen-bond donors (Lipinski definition) is 0. The van der Waals surface area contributed by atoms with E-state index in [0.29, 0.717) is 5.56 Å². The van der Waals surface area contributed by atoms with Crippen LogP contribution in [0.15, 0.2) is 12.1 Å². The highest BCUT2D eigenvalue weighted by atomic mass is 19.2. The Morgan fingerprint density at radius 2 is 1.50 bits per heavy atom. The van der Waals surface area contributed by atoms with Crippen molar-refractivity contribution in [3.05, 3.63) is 34.9 Å². The largest absolute Gasteiger partial charge is 0.203 e. The molecule has 0 heterocycles. The van der Waals surface area contributed by atoms with E-state index in [2.05, 4.69) is 6.92 Å². The Bertz CT molecular complexity index is 603. The van der Waals surface area contributed by atoms with E-state index in [4.69, 9.17) is 5.26 Å². The van der Waals surface area contributed by atoms with E-state index in [0.717, 1.165) is 43.4 Å². The summed E-state index contributed by atoms with van der Waals surface area (Å²) in [5, 5.41) is 8.80. The summed E-state index contributed by atoms with van der Waals surface area (Å²) in [7, 11) is 0. The zero-order chi connectivity index (χ0) is 17.1. The SMILES string of the molecule is CCC1CCC(C2CCC(c3ccc(C#N)c(F)c3F)CC2)CC1. The van der Waals surface area contributed by atoms with Crippen molar-refractivity contribution in [1.29, 1.82) is 5.26 Å². The summed E-state index contributed by atoms with van der Waals surface area (Å²) in [6.45, 7) is 2.29. The molecular weight excluding hydrogens is 304 g/mol. The number of nitrogens with zero attached hydrogens (tertiary/aromatic N) is 1. The molecule has 3 rings (SSSR count). The van der Waals surface area contributed by atoms with Gasteiger partial charge in [-0.15, -0.1) is 0 Å². The number of hydrogen-bond acceptors (Lipinski definition) is 1. The molecule has 2 aliphatic rings. The van der Waals surface area contributed by atoms with E-state index in [1.807, 2.05) is 0 Å². The first-order valence-electron chi connectivity index (χ1n) is 9.52. The highest BCUT2D eigenvalue weighted by molar-refractivity contribution is 5.36. The first-order valence-corrected chi connectivity index (χ1v) is 9.52. The Balaban J connectivity index is 1.60. The summed E-state index contributed by atoms with van der Waals surface area (Å²) >= 11 is 0. The van der Waals surface area contributed by atoms with Gasteiger partial charge in [0, 0.05) is 0 Å². The van der Waals surface area contributed by atoms with Crippen LogP contribution in [0.1, 0.15) is 81.8 Å². The molecule has 1 aromatic rings. The van der Waals surface area contributed by atoms with Crippen LogP contribution in [0.3, 0.4) is 0 Å². The zero-order valence-corrected chi connectivity index (χ0v) is 14.5. The lowest BCUT2D eigenvalue weighted by Gasteiger charge is -2.38. The molecule has 0 aromatic heterocycles. The molecule has 2 fully saturated rings. The molecule has 0 aliphatic heterocycles. The molecule has 2 saturated carbocycles. The normalized spacial score (nSPS) is 30.8. The maximum Gasteiger partial charge on any atom is 0.176 e. The number of halogens is 2. The van der Waals surface area contributed by atoms with Crippen LogP contribution in [0, 0.1) is 40.7 Å². The smallest absolute Gasteiger partial charge is 0.176 e. The predicted molar refractivity (Wildman–Crippen MR) is 91.5 cm³/mol. The van der Waals surface area contributed by atoms with E-state index in [9.17, 15) is 8.78 Å². The molecule has 0 atom stereocenters. The van der Waals surface area contributed by atoms with Crippen molar-refractivity contribution in [2.45, 2.75) is 70.6 Å². The van der Waals surface area contributed by atoms with Crippen LogP contribution in [0.25, 0.3) is 0 Å². The second kappa shape index (κ2) is 7.64. The minimum atomic E-state index is -0.977. The molecule has 0 N–H and O–H groups in total. The standard InChI is InChI=1S/C21H27F2N/c1-2-14-3-5-15(6-4-14)16-7-9-17(10-8-16)19-12-11-18(13-24)20(22)21(19)23/h11-12,14-17H,2-10H2,1H3. The fraction of sp³-hybridized carbons (Fsp3) is 0.667. The van der Waals surface area contributed by atoms with Gasteiger partial charge in [0.1, 0.15) is 6.07 Å². The van der Waals surface area contributed by atoms with Gasteiger partial charge in [-0.1, -0.05) is 32.3 Å². The molecule has 0 radical (unpaired) electrons. The van der Waals surface area contributed by atoms with Crippen LogP contribution >= 0.6 is 0 Å². The Morgan fingerprint density at radius 1 is 0.917 bits per heavy atom. The van der Waals surface area contributed by atoms with Crippen molar-refractivity contribution in [3.8, 4) is 6.07 Å². The van der Waals surface area contributed by atoms with E-state index < -0.39 is 11.6 Å². The van der Waals surface area contributed by atoms with Gasteiger partial charge < -0.3 is 0 Å². The molecule has 0 spiro atoms. The Kier molecular flexibility index (Phi) is 5.54. The van der Waals surface area contributed by atoms with Crippen LogP contribution in [0.2, 0.25) is 0 Å². The summed E-state index contributed by atoms with van der Waals surface area (Å²) in [6.07, 6.45) is 10.9. The predicted octanol–water partition coefficient (Wildman–Crippen LogP) is 6.33. The Hall–Kier alpha value is -1.43. The van der Waals surface area contributed by atoms with Gasteiger partial charge in [-0.3, -0.25) is 0 Å². The maximum atomic E-state index is 14.2. The lowest BCUT2D eigenvalue weighted by Crippen LogP contribution is -2.25. The van der Waals surface area contributed by atoms with Crippen molar-refractivity contribution >= 4 is 0 Å². The topological polar surface area (TPSA) is 23.8 Å². The monoisotopic (exact) mass is 331 g/mol. The van der Waals surface area contributed by atoms with Gasteiger partial charge in [-0.25, -0.2) is 8.78 Å². The van der Waals surface area contributed by atoms with E-state index in [1.165, 1.54) is 38.2 Å². The fourth-order valence-corrected chi connectivity index (χ4v) is 4.94. The molecule has 0 amide bonds. The van der Waals surface area contributed by atoms with Gasteiger partial charge in [0.05, 0.1) is 5.56 Å². The minimum Gasteiger partial charge on any atom is -0.203 e. The van der Waals surface area contributed by atoms with Gasteiger partial charge in [0.25, 0.3) is 0 Å². The lowest BCUT2D eigenvalue weighted by atomic mass is 9.68. The average Bonchev–Trinajstić information content (AvgIpc) is 2.64. The first-order chi connectivity index (χ1) is 11.6. The van der Waals surface area contributed by atoms with Crippen molar-refractivity contribution in [2.24, 2.45) is 17.8 Å². The zero-order valence-electron chi connectivity index (χ0n) is 14.5. The first kappa shape index (κ1) is 17.4. The second-order valence-corrected chi connectivity index (χ2v) is 7.74. The summed E-state index contributed by atoms with van der Waals surface area (Å²) in [4.78, 5) is 0. The molecule has 0 bridgehead atoms. The van der Waals surface area contributed by atoms with Gasteiger partial charge in [-0.05, 0) is 73.8 Å². The summed E-state index contributed by atoms with van der Waals surface area (Å²) in [6, 6.07) is 4.75. The van der Waals surface area contributed by atoms with Crippen molar-refractivity contribution in [1.82, 2.24) is 0 Å². The molecule has 0 unspecified atom stereocenters. The highest BCUT2D eigenvalue weighted by Gasteiger charge is 2.32. The van der Waals surface area contributed by atoms with Crippen molar-refractivity contribution in [2.75, 3.05) is 0 Å². The van der Waals surface area contributed by atoms with Crippen molar-refractivity contribution < 1.29 is 8.78 Å². The second-order valence-electron chi connectivity index (χ2n) is 7.74. The molecular formula is C21H27F2N. The van der Waals surface area contributed by atoms with Crippen LogP contribution in [-0.4, -0.2) is 0 Å². The number of nitriles is 1. The number of rotatable bonds is 3. The third-order valence-corrected chi connectivity index (χ3v) is 6.58. The van der Waals surface area contributed by atoms with Gasteiger partial charge in [0.2, 0.25) is 0 Å². The molecule has 3 heteroatoms. The Morgan fingerprint density at radius 3 is 2.04 bits per heavy atom. The highest BCUT2D eigenvalue weighted by Crippen LogP contribution is 2.44. The van der Waals surface area contributed by atoms with Crippen molar-refractivity contribution in [3.63, 3.8) is 0 Å². The molecule has 24 heavy (non-hydrogen) atoms. The average molecular weight is 331 g/mol. The van der Waals surface area contributed by atoms with Gasteiger partial charge in [-0.2, -0.15) is 5.26 Å². The molecule has 0 saturated heterocycles. The third kappa shape index (κ3) is 3.48. The van der Waals surface area contributed by atoms with E-state index >= 15 is 0 Å². The van der Waals surface area contributed by atoms with E-state index in [-0.39, 0.29) is 11.5 Å². The quantitative estimate of drug-likeness (QED) is 0.635.